The minimum atomic E-state index is -0.873. The maximum absolute atomic E-state index is 14.1. The molecule has 1 saturated carbocycles. The Morgan fingerprint density at radius 2 is 1.62 bits per heavy atom. The number of Topliss-reactive ketones (excluding diaryl/α,β-unsaturated/α-hetero) is 2. The van der Waals surface area contributed by atoms with Gasteiger partial charge in [-0.3, -0.25) is 14.4 Å². The van der Waals surface area contributed by atoms with Crippen LogP contribution >= 0.6 is 0 Å². The molecule has 2 aromatic carbocycles. The molecule has 1 atom stereocenters. The fraction of sp³-hybridized carbons (Fsp3) is 0.500. The maximum Gasteiger partial charge on any atom is 0.319 e. The third-order valence-corrected chi connectivity index (χ3v) is 7.81. The molecule has 214 valence electrons. The predicted octanol–water partition coefficient (Wildman–Crippen LogP) is 5.82. The fourth-order valence-corrected chi connectivity index (χ4v) is 5.41. The number of nitrogens with one attached hydrogen (secondary N) is 2. The zero-order chi connectivity index (χ0) is 29.0. The summed E-state index contributed by atoms with van der Waals surface area (Å²) in [4.78, 5) is 56.7. The summed E-state index contributed by atoms with van der Waals surface area (Å²) in [7, 11) is 0. The third-order valence-electron chi connectivity index (χ3n) is 7.81. The zero-order valence-electron chi connectivity index (χ0n) is 24.3. The first-order valence-electron chi connectivity index (χ1n) is 14.4. The van der Waals surface area contributed by atoms with Crippen molar-refractivity contribution in [3.63, 3.8) is 0 Å². The van der Waals surface area contributed by atoms with E-state index >= 15 is 0 Å². The molecule has 0 saturated heterocycles. The molecule has 2 N–H and O–H groups in total. The van der Waals surface area contributed by atoms with Crippen LogP contribution in [0.3, 0.4) is 0 Å². The Kier molecular flexibility index (Phi) is 8.96. The monoisotopic (exact) mass is 546 g/mol. The van der Waals surface area contributed by atoms with Gasteiger partial charge in [-0.05, 0) is 37.1 Å². The minimum Gasteiger partial charge on any atom is -0.364 e. The predicted molar refractivity (Wildman–Crippen MR) is 159 cm³/mol. The van der Waals surface area contributed by atoms with Crippen LogP contribution in [-0.2, 0) is 9.59 Å². The van der Waals surface area contributed by atoms with Crippen LogP contribution in [-0.4, -0.2) is 48.7 Å². The van der Waals surface area contributed by atoms with Gasteiger partial charge in [-0.2, -0.15) is 0 Å². The summed E-state index contributed by atoms with van der Waals surface area (Å²) >= 11 is 0. The van der Waals surface area contributed by atoms with Gasteiger partial charge in [0.25, 0.3) is 5.91 Å². The Balaban J connectivity index is 1.63. The van der Waals surface area contributed by atoms with E-state index in [1.807, 2.05) is 58.9 Å². The number of urea groups is 1. The molecule has 4 rings (SSSR count). The highest BCUT2D eigenvalue weighted by molar-refractivity contribution is 6.08. The minimum absolute atomic E-state index is 0.0111. The number of hydrogen-bond donors (Lipinski definition) is 2. The van der Waals surface area contributed by atoms with E-state index < -0.39 is 17.5 Å². The van der Waals surface area contributed by atoms with Gasteiger partial charge in [-0.1, -0.05) is 78.1 Å². The molecule has 0 radical (unpaired) electrons. The van der Waals surface area contributed by atoms with Crippen molar-refractivity contribution >= 4 is 40.6 Å². The van der Waals surface area contributed by atoms with Crippen molar-refractivity contribution in [2.24, 2.45) is 11.3 Å². The number of carbonyl (C=O) groups excluding carboxylic acids is 4. The average Bonchev–Trinajstić information content (AvgIpc) is 3.03. The van der Waals surface area contributed by atoms with Crippen LogP contribution in [0.5, 0.6) is 0 Å². The van der Waals surface area contributed by atoms with Gasteiger partial charge >= 0.3 is 6.03 Å². The molecule has 8 heteroatoms. The lowest BCUT2D eigenvalue weighted by Gasteiger charge is -2.37. The topological polar surface area (TPSA) is 98.8 Å². The summed E-state index contributed by atoms with van der Waals surface area (Å²) in [5, 5.41) is 5.70. The number of hydrogen-bond acceptors (Lipinski definition) is 5. The van der Waals surface area contributed by atoms with Crippen molar-refractivity contribution in [2.75, 3.05) is 28.2 Å². The number of amides is 3. The van der Waals surface area contributed by atoms with E-state index in [4.69, 9.17) is 0 Å². The Hall–Kier alpha value is -3.68. The largest absolute Gasteiger partial charge is 0.364 e. The molecule has 2 aliphatic rings. The average molecular weight is 547 g/mol. The van der Waals surface area contributed by atoms with Crippen molar-refractivity contribution in [3.05, 3.63) is 54.1 Å². The van der Waals surface area contributed by atoms with Crippen LogP contribution in [0.15, 0.2) is 48.5 Å². The second kappa shape index (κ2) is 12.2. The van der Waals surface area contributed by atoms with E-state index in [0.717, 1.165) is 31.4 Å². The van der Waals surface area contributed by atoms with Crippen molar-refractivity contribution in [2.45, 2.75) is 78.8 Å². The number of benzene rings is 2. The normalized spacial score (nSPS) is 18.2. The lowest BCUT2D eigenvalue weighted by Crippen LogP contribution is -2.55. The van der Waals surface area contributed by atoms with Crippen molar-refractivity contribution < 1.29 is 19.2 Å². The molecule has 2 aromatic rings. The van der Waals surface area contributed by atoms with E-state index in [2.05, 4.69) is 15.5 Å². The standard InChI is InChI=1S/C32H42N4O4/c1-21(2)29(38)22-12-11-13-23(18-22)33-31(40)34-25-19-35(24-14-7-6-8-15-24)26-16-9-10-17-27(26)36(30(25)39)20-28(37)32(3,4)5/h9-13,16-18,21,24-25H,6-8,14-15,19-20H2,1-5H3,(H2,33,34,40)/t25-/m1/s1. The van der Waals surface area contributed by atoms with Crippen LogP contribution in [0.25, 0.3) is 0 Å². The van der Waals surface area contributed by atoms with Gasteiger partial charge in [0.1, 0.15) is 6.04 Å². The SMILES string of the molecule is CC(C)C(=O)c1cccc(NC(=O)N[C@@H]2CN(C3CCCCC3)c3ccccc3N(CC(=O)C(C)(C)C)C2=O)c1. The van der Waals surface area contributed by atoms with Gasteiger partial charge in [0.2, 0.25) is 0 Å². The van der Waals surface area contributed by atoms with Gasteiger partial charge in [-0.15, -0.1) is 0 Å². The van der Waals surface area contributed by atoms with E-state index in [-0.39, 0.29) is 36.0 Å². The summed E-state index contributed by atoms with van der Waals surface area (Å²) in [5.74, 6) is -0.552. The summed E-state index contributed by atoms with van der Waals surface area (Å²) in [6.07, 6.45) is 5.46. The molecule has 1 fully saturated rings. The van der Waals surface area contributed by atoms with Gasteiger partial charge in [0, 0.05) is 35.2 Å². The van der Waals surface area contributed by atoms with Crippen molar-refractivity contribution in [1.29, 1.82) is 0 Å². The maximum atomic E-state index is 14.1. The summed E-state index contributed by atoms with van der Waals surface area (Å²) < 4.78 is 0. The lowest BCUT2D eigenvalue weighted by molar-refractivity contribution is -0.127. The van der Waals surface area contributed by atoms with Crippen molar-refractivity contribution in [1.82, 2.24) is 5.32 Å². The number of rotatable bonds is 7. The van der Waals surface area contributed by atoms with E-state index in [9.17, 15) is 19.2 Å². The molecule has 8 nitrogen and oxygen atoms in total. The Morgan fingerprint density at radius 1 is 0.950 bits per heavy atom. The molecule has 1 aliphatic carbocycles. The van der Waals surface area contributed by atoms with E-state index in [1.165, 1.54) is 6.42 Å². The Bertz CT molecular complexity index is 1260. The van der Waals surface area contributed by atoms with Crippen LogP contribution in [0.2, 0.25) is 0 Å². The van der Waals surface area contributed by atoms with Crippen LogP contribution < -0.4 is 20.4 Å². The highest BCUT2D eigenvalue weighted by atomic mass is 16.2. The fourth-order valence-electron chi connectivity index (χ4n) is 5.41. The number of para-hydroxylation sites is 2. The smallest absolute Gasteiger partial charge is 0.319 e. The number of nitrogens with zero attached hydrogens (tertiary/aromatic N) is 2. The molecule has 3 amide bonds. The Labute approximate surface area is 237 Å². The molecule has 0 spiro atoms. The molecule has 1 heterocycles. The van der Waals surface area contributed by atoms with E-state index in [0.29, 0.717) is 23.5 Å². The van der Waals surface area contributed by atoms with Crippen LogP contribution in [0.1, 0.15) is 77.1 Å². The molecular weight excluding hydrogens is 504 g/mol. The number of anilines is 3. The number of fused-ring (bicyclic) bond motifs is 1. The van der Waals surface area contributed by atoms with Crippen molar-refractivity contribution in [3.8, 4) is 0 Å². The quantitative estimate of drug-likeness (QED) is 0.427. The summed E-state index contributed by atoms with van der Waals surface area (Å²) in [6.45, 7) is 9.44. The highest BCUT2D eigenvalue weighted by Crippen LogP contribution is 2.37. The highest BCUT2D eigenvalue weighted by Gasteiger charge is 2.39. The second-order valence-corrected chi connectivity index (χ2v) is 12.3. The Morgan fingerprint density at radius 3 is 2.27 bits per heavy atom. The first-order chi connectivity index (χ1) is 19.0. The number of ketones is 2. The third kappa shape index (κ3) is 6.72. The van der Waals surface area contributed by atoms with Gasteiger partial charge in [-0.25, -0.2) is 4.79 Å². The lowest BCUT2D eigenvalue weighted by atomic mass is 9.90. The molecule has 1 aliphatic heterocycles. The zero-order valence-corrected chi connectivity index (χ0v) is 24.3. The molecular formula is C32H42N4O4. The van der Waals surface area contributed by atoms with Crippen LogP contribution in [0, 0.1) is 11.3 Å². The van der Waals surface area contributed by atoms with Gasteiger partial charge < -0.3 is 20.4 Å². The summed E-state index contributed by atoms with van der Waals surface area (Å²) in [6, 6.07) is 13.4. The van der Waals surface area contributed by atoms with E-state index in [1.54, 1.807) is 29.2 Å². The molecule has 0 aromatic heterocycles. The van der Waals surface area contributed by atoms with Gasteiger partial charge in [0.15, 0.2) is 11.6 Å². The van der Waals surface area contributed by atoms with Gasteiger partial charge in [0.05, 0.1) is 17.9 Å². The molecule has 0 bridgehead atoms. The first kappa shape index (κ1) is 29.3. The molecule has 40 heavy (non-hydrogen) atoms. The molecule has 0 unspecified atom stereocenters. The van der Waals surface area contributed by atoms with Crippen LogP contribution in [0.4, 0.5) is 21.9 Å². The second-order valence-electron chi connectivity index (χ2n) is 12.3. The number of carbonyl (C=O) groups is 4. The first-order valence-corrected chi connectivity index (χ1v) is 14.4. The summed E-state index contributed by atoms with van der Waals surface area (Å²) in [5.41, 5.74) is 1.97.